The maximum atomic E-state index is 14.3. The standard InChI is InChI=1S/C24H9BF3N6/c26-10-1-4-13-16(7-10)20-29-19(13)30-23-17-8-11(27)3-6-15(17)22-32-24-18-9-12(28)2-5-14(18)21(31-20)33(24)25-34(22)23/h1-9H. The Kier molecular flexibility index (Phi) is 3.13. The Morgan fingerprint density at radius 1 is 0.529 bits per heavy atom. The van der Waals surface area contributed by atoms with E-state index in [9.17, 15) is 13.2 Å². The molecule has 6 nitrogen and oxygen atoms in total. The third-order valence-corrected chi connectivity index (χ3v) is 6.38. The Bertz CT molecular complexity index is 1980. The number of hydrogen-bond donors (Lipinski definition) is 0. The maximum absolute atomic E-state index is 14.3. The lowest BCUT2D eigenvalue weighted by molar-refractivity contribution is 0.627. The van der Waals surface area contributed by atoms with E-state index in [0.29, 0.717) is 61.1 Å². The fraction of sp³-hybridized carbons (Fsp3) is 0. The van der Waals surface area contributed by atoms with Crippen molar-refractivity contribution in [2.75, 3.05) is 0 Å². The first-order valence-corrected chi connectivity index (χ1v) is 10.5. The molecule has 10 heteroatoms. The van der Waals surface area contributed by atoms with Crippen LogP contribution in [0.15, 0.2) is 74.6 Å². The first kappa shape index (κ1) is 18.0. The summed E-state index contributed by atoms with van der Waals surface area (Å²) in [5.74, 6) is 0.348. The first-order chi connectivity index (χ1) is 16.5. The van der Waals surface area contributed by atoms with Crippen LogP contribution in [-0.2, 0) is 0 Å². The number of nitrogens with zero attached hydrogens (tertiary/aromatic N) is 6. The molecule has 1 radical (unpaired) electrons. The van der Waals surface area contributed by atoms with Crippen molar-refractivity contribution < 1.29 is 13.2 Å². The lowest BCUT2D eigenvalue weighted by Gasteiger charge is -2.13. The average molecular weight is 449 g/mol. The number of aromatic nitrogens is 2. The molecule has 0 saturated heterocycles. The molecule has 0 unspecified atom stereocenters. The van der Waals surface area contributed by atoms with Gasteiger partial charge in [-0.3, -0.25) is 0 Å². The molecule has 159 valence electrons. The van der Waals surface area contributed by atoms with Gasteiger partial charge < -0.3 is 8.96 Å². The molecule has 0 aliphatic carbocycles. The zero-order valence-electron chi connectivity index (χ0n) is 17.1. The predicted octanol–water partition coefficient (Wildman–Crippen LogP) is 3.68. The predicted molar refractivity (Wildman–Crippen MR) is 121 cm³/mol. The minimum absolute atomic E-state index is 0.287. The molecule has 5 heterocycles. The number of rotatable bonds is 0. The average Bonchev–Trinajstić information content (AvgIpc) is 3.42. The highest BCUT2D eigenvalue weighted by atomic mass is 19.1. The number of amidine groups is 2. The first-order valence-electron chi connectivity index (χ1n) is 10.5. The van der Waals surface area contributed by atoms with E-state index >= 15 is 0 Å². The Labute approximate surface area is 189 Å². The van der Waals surface area contributed by atoms with Crippen molar-refractivity contribution in [1.29, 1.82) is 0 Å². The third kappa shape index (κ3) is 2.17. The van der Waals surface area contributed by atoms with E-state index in [-0.39, 0.29) is 5.84 Å². The summed E-state index contributed by atoms with van der Waals surface area (Å²) < 4.78 is 46.2. The van der Waals surface area contributed by atoms with Gasteiger partial charge in [0.15, 0.2) is 11.7 Å². The van der Waals surface area contributed by atoms with E-state index in [1.54, 1.807) is 34.7 Å². The minimum Gasteiger partial charge on any atom is -0.336 e. The normalized spacial score (nSPS) is 14.8. The van der Waals surface area contributed by atoms with Crippen LogP contribution in [0.25, 0.3) is 21.5 Å². The topological polar surface area (TPSA) is 59.3 Å². The molecule has 0 spiro atoms. The Morgan fingerprint density at radius 3 is 2.03 bits per heavy atom. The molecule has 0 N–H and O–H groups in total. The maximum Gasteiger partial charge on any atom is 0.406 e. The van der Waals surface area contributed by atoms with Gasteiger partial charge in [0.05, 0.1) is 0 Å². The number of aliphatic imine (C=N–C) groups is 2. The second kappa shape index (κ2) is 5.90. The smallest absolute Gasteiger partial charge is 0.336 e. The molecule has 3 aliphatic heterocycles. The quantitative estimate of drug-likeness (QED) is 0.318. The summed E-state index contributed by atoms with van der Waals surface area (Å²) in [6, 6.07) is 13.1. The van der Waals surface area contributed by atoms with Crippen molar-refractivity contribution in [3.05, 3.63) is 94.2 Å². The van der Waals surface area contributed by atoms with Gasteiger partial charge in [0.2, 0.25) is 0 Å². The van der Waals surface area contributed by atoms with E-state index in [0.717, 1.165) is 0 Å². The van der Waals surface area contributed by atoms with Crippen molar-refractivity contribution in [1.82, 2.24) is 8.96 Å². The Morgan fingerprint density at radius 2 is 1.18 bits per heavy atom. The summed E-state index contributed by atoms with van der Waals surface area (Å²) in [5, 5.41) is 2.48. The van der Waals surface area contributed by atoms with Gasteiger partial charge in [-0.25, -0.2) is 33.1 Å². The van der Waals surface area contributed by atoms with Gasteiger partial charge in [-0.15, -0.1) is 0 Å². The molecule has 0 saturated carbocycles. The second-order valence-electron chi connectivity index (χ2n) is 8.31. The molecular formula is C24H9BF3N6. The highest BCUT2D eigenvalue weighted by Crippen LogP contribution is 2.39. The molecule has 2 aromatic heterocycles. The van der Waals surface area contributed by atoms with Crippen LogP contribution < -0.4 is 11.0 Å². The lowest BCUT2D eigenvalue weighted by atomic mass is 10.1. The van der Waals surface area contributed by atoms with E-state index in [1.165, 1.54) is 36.4 Å². The summed E-state index contributed by atoms with van der Waals surface area (Å²) in [4.78, 5) is 19.0. The van der Waals surface area contributed by atoms with Crippen LogP contribution in [0.3, 0.4) is 0 Å². The summed E-state index contributed by atoms with van der Waals surface area (Å²) in [6.45, 7) is 0. The molecule has 4 bridgehead atoms. The number of fused-ring (bicyclic) bond motifs is 10. The summed E-state index contributed by atoms with van der Waals surface area (Å²) in [5.41, 5.74) is 2.09. The molecule has 0 amide bonds. The number of halogens is 3. The van der Waals surface area contributed by atoms with Gasteiger partial charge in [0.1, 0.15) is 40.1 Å². The largest absolute Gasteiger partial charge is 0.406 e. The van der Waals surface area contributed by atoms with Gasteiger partial charge >= 0.3 is 7.55 Å². The van der Waals surface area contributed by atoms with Gasteiger partial charge in [-0.1, -0.05) is 0 Å². The van der Waals surface area contributed by atoms with Gasteiger partial charge in [0.25, 0.3) is 0 Å². The van der Waals surface area contributed by atoms with E-state index in [2.05, 4.69) is 4.99 Å². The molecule has 5 aromatic rings. The monoisotopic (exact) mass is 449 g/mol. The van der Waals surface area contributed by atoms with Gasteiger partial charge in [-0.2, -0.15) is 0 Å². The van der Waals surface area contributed by atoms with Crippen LogP contribution in [0, 0.1) is 17.5 Å². The fourth-order valence-corrected chi connectivity index (χ4v) is 4.89. The van der Waals surface area contributed by atoms with Crippen molar-refractivity contribution in [2.24, 2.45) is 20.0 Å². The van der Waals surface area contributed by atoms with Crippen LogP contribution in [-0.4, -0.2) is 28.2 Å². The third-order valence-electron chi connectivity index (χ3n) is 6.38. The summed E-state index contributed by atoms with van der Waals surface area (Å²) in [6.07, 6.45) is 0. The van der Waals surface area contributed by atoms with Crippen LogP contribution in [0.4, 0.5) is 24.8 Å². The van der Waals surface area contributed by atoms with Crippen LogP contribution in [0.1, 0.15) is 11.1 Å². The number of benzene rings is 3. The van der Waals surface area contributed by atoms with Crippen molar-refractivity contribution >= 4 is 52.4 Å². The molecule has 34 heavy (non-hydrogen) atoms. The van der Waals surface area contributed by atoms with Crippen LogP contribution >= 0.6 is 0 Å². The van der Waals surface area contributed by atoms with Gasteiger partial charge in [-0.05, 0) is 54.6 Å². The molecular weight excluding hydrogens is 440 g/mol. The van der Waals surface area contributed by atoms with E-state index in [1.807, 2.05) is 0 Å². The van der Waals surface area contributed by atoms with Crippen molar-refractivity contribution in [3.63, 3.8) is 0 Å². The molecule has 3 aliphatic rings. The van der Waals surface area contributed by atoms with Gasteiger partial charge in [0, 0.05) is 32.7 Å². The summed E-state index contributed by atoms with van der Waals surface area (Å²) in [7, 11) is 1.77. The van der Waals surface area contributed by atoms with E-state index < -0.39 is 17.5 Å². The minimum atomic E-state index is -0.426. The Hall–Kier alpha value is -4.47. The molecule has 3 aromatic carbocycles. The van der Waals surface area contributed by atoms with Crippen molar-refractivity contribution in [2.45, 2.75) is 0 Å². The number of hydrogen-bond acceptors (Lipinski definition) is 4. The second-order valence-corrected chi connectivity index (χ2v) is 8.31. The molecule has 0 fully saturated rings. The lowest BCUT2D eigenvalue weighted by Crippen LogP contribution is -2.38. The highest BCUT2D eigenvalue weighted by molar-refractivity contribution is 6.37. The van der Waals surface area contributed by atoms with E-state index in [4.69, 9.17) is 15.0 Å². The van der Waals surface area contributed by atoms with Crippen LogP contribution in [0.5, 0.6) is 0 Å². The zero-order chi connectivity index (χ0) is 22.7. The van der Waals surface area contributed by atoms with Crippen LogP contribution in [0.2, 0.25) is 0 Å². The zero-order valence-corrected chi connectivity index (χ0v) is 17.1. The molecule has 8 rings (SSSR count). The SMILES string of the molecule is Fc1ccc2c(c1)C1=Nc3c4ccc(F)cc4c4n3[B]n3c(c5cc(F)ccc5c3=N4)=NC2=N1. The fourth-order valence-electron chi connectivity index (χ4n) is 4.89. The Balaban J connectivity index is 1.64. The summed E-state index contributed by atoms with van der Waals surface area (Å²) >= 11 is 0. The molecule has 0 atom stereocenters. The van der Waals surface area contributed by atoms with Crippen molar-refractivity contribution in [3.8, 4) is 0 Å². The highest BCUT2D eigenvalue weighted by Gasteiger charge is 2.29.